The van der Waals surface area contributed by atoms with Gasteiger partial charge < -0.3 is 20.1 Å². The van der Waals surface area contributed by atoms with Gasteiger partial charge in [-0.2, -0.15) is 0 Å². The second-order valence-corrected chi connectivity index (χ2v) is 6.27. The molecule has 0 unspecified atom stereocenters. The van der Waals surface area contributed by atoms with E-state index in [0.29, 0.717) is 6.61 Å². The van der Waals surface area contributed by atoms with Gasteiger partial charge in [-0.1, -0.05) is 18.2 Å². The van der Waals surface area contributed by atoms with E-state index < -0.39 is 0 Å². The van der Waals surface area contributed by atoms with Crippen LogP contribution in [0.2, 0.25) is 0 Å². The maximum absolute atomic E-state index is 5.79. The molecule has 0 saturated heterocycles. The molecule has 0 radical (unpaired) electrons. The first kappa shape index (κ1) is 18.6. The van der Waals surface area contributed by atoms with Crippen LogP contribution in [0.4, 0.5) is 0 Å². The highest BCUT2D eigenvalue weighted by atomic mass is 16.5. The summed E-state index contributed by atoms with van der Waals surface area (Å²) in [5.74, 6) is 2.65. The van der Waals surface area contributed by atoms with Crippen LogP contribution < -0.4 is 15.4 Å². The SMILES string of the molecule is CN=C(NCCCOCC1CC1)NCCCOc1ccccc1C. The molecule has 0 atom stereocenters. The van der Waals surface area contributed by atoms with Crippen molar-refractivity contribution in [3.63, 3.8) is 0 Å². The van der Waals surface area contributed by atoms with Gasteiger partial charge in [-0.3, -0.25) is 4.99 Å². The molecule has 0 bridgehead atoms. The van der Waals surface area contributed by atoms with Gasteiger partial charge in [-0.05, 0) is 50.2 Å². The first-order chi connectivity index (χ1) is 11.8. The van der Waals surface area contributed by atoms with Crippen LogP contribution in [0.25, 0.3) is 0 Å². The van der Waals surface area contributed by atoms with E-state index in [1.165, 1.54) is 18.4 Å². The maximum atomic E-state index is 5.79. The lowest BCUT2D eigenvalue weighted by atomic mass is 10.2. The molecule has 1 aromatic rings. The van der Waals surface area contributed by atoms with Gasteiger partial charge in [0.15, 0.2) is 5.96 Å². The third-order valence-corrected chi connectivity index (χ3v) is 4.00. The summed E-state index contributed by atoms with van der Waals surface area (Å²) in [4.78, 5) is 4.23. The Kier molecular flexibility index (Phi) is 8.46. The van der Waals surface area contributed by atoms with Crippen LogP contribution in [0.15, 0.2) is 29.3 Å². The number of guanidine groups is 1. The first-order valence-electron chi connectivity index (χ1n) is 9.00. The number of nitrogens with zero attached hydrogens (tertiary/aromatic N) is 1. The lowest BCUT2D eigenvalue weighted by molar-refractivity contribution is 0.123. The Morgan fingerprint density at radius 2 is 1.83 bits per heavy atom. The van der Waals surface area contributed by atoms with E-state index in [-0.39, 0.29) is 0 Å². The van der Waals surface area contributed by atoms with Gasteiger partial charge in [0.25, 0.3) is 0 Å². The van der Waals surface area contributed by atoms with Crippen LogP contribution in [-0.2, 0) is 4.74 Å². The normalized spacial score (nSPS) is 14.5. The molecule has 0 aromatic heterocycles. The fraction of sp³-hybridized carbons (Fsp3) is 0.632. The minimum atomic E-state index is 0.698. The summed E-state index contributed by atoms with van der Waals surface area (Å²) in [7, 11) is 1.79. The summed E-state index contributed by atoms with van der Waals surface area (Å²) < 4.78 is 11.4. The van der Waals surface area contributed by atoms with Gasteiger partial charge in [0, 0.05) is 33.4 Å². The Morgan fingerprint density at radius 3 is 2.50 bits per heavy atom. The molecule has 0 spiro atoms. The number of rotatable bonds is 11. The van der Waals surface area contributed by atoms with E-state index in [4.69, 9.17) is 9.47 Å². The molecule has 1 saturated carbocycles. The molecular formula is C19H31N3O2. The second-order valence-electron chi connectivity index (χ2n) is 6.27. The monoisotopic (exact) mass is 333 g/mol. The molecule has 2 N–H and O–H groups in total. The summed E-state index contributed by atoms with van der Waals surface area (Å²) in [5, 5.41) is 6.62. The van der Waals surface area contributed by atoms with Crippen molar-refractivity contribution in [2.45, 2.75) is 32.6 Å². The molecule has 134 valence electrons. The second kappa shape index (κ2) is 10.9. The Labute approximate surface area is 145 Å². The molecule has 0 heterocycles. The minimum Gasteiger partial charge on any atom is -0.493 e. The fourth-order valence-electron chi connectivity index (χ4n) is 2.32. The van der Waals surface area contributed by atoms with E-state index in [2.05, 4.69) is 28.6 Å². The van der Waals surface area contributed by atoms with E-state index in [1.807, 2.05) is 18.2 Å². The quantitative estimate of drug-likeness (QED) is 0.371. The number of ether oxygens (including phenoxy) is 2. The third kappa shape index (κ3) is 7.68. The molecule has 5 heteroatoms. The van der Waals surface area contributed by atoms with Gasteiger partial charge >= 0.3 is 0 Å². The van der Waals surface area contributed by atoms with Gasteiger partial charge in [0.2, 0.25) is 0 Å². The number of benzene rings is 1. The highest BCUT2D eigenvalue weighted by molar-refractivity contribution is 5.79. The summed E-state index contributed by atoms with van der Waals surface area (Å²) >= 11 is 0. The van der Waals surface area contributed by atoms with E-state index >= 15 is 0 Å². The van der Waals surface area contributed by atoms with E-state index in [0.717, 1.165) is 56.8 Å². The predicted octanol–water partition coefficient (Wildman–Crippen LogP) is 2.75. The number of nitrogens with one attached hydrogen (secondary N) is 2. The summed E-state index contributed by atoms with van der Waals surface area (Å²) in [6.45, 7) is 6.24. The molecule has 2 rings (SSSR count). The fourth-order valence-corrected chi connectivity index (χ4v) is 2.32. The molecule has 0 aliphatic heterocycles. The Bertz CT molecular complexity index is 501. The Morgan fingerprint density at radius 1 is 1.12 bits per heavy atom. The van der Waals surface area contributed by atoms with Crippen molar-refractivity contribution >= 4 is 5.96 Å². The highest BCUT2D eigenvalue weighted by Crippen LogP contribution is 2.28. The molecule has 0 amide bonds. The largest absolute Gasteiger partial charge is 0.493 e. The third-order valence-electron chi connectivity index (χ3n) is 4.00. The van der Waals surface area contributed by atoms with E-state index in [1.54, 1.807) is 7.05 Å². The van der Waals surface area contributed by atoms with Crippen LogP contribution in [0, 0.1) is 12.8 Å². The standard InChI is InChI=1S/C19H31N3O2/c1-16-7-3-4-8-18(16)24-14-6-12-22-19(20-2)21-11-5-13-23-15-17-9-10-17/h3-4,7-8,17H,5-6,9-15H2,1-2H3,(H2,20,21,22). The van der Waals surface area contributed by atoms with Crippen LogP contribution in [-0.4, -0.2) is 45.9 Å². The smallest absolute Gasteiger partial charge is 0.190 e. The Balaban J connectivity index is 1.46. The maximum Gasteiger partial charge on any atom is 0.190 e. The van der Waals surface area contributed by atoms with Crippen LogP contribution >= 0.6 is 0 Å². The molecule has 1 aliphatic rings. The number of hydrogen-bond donors (Lipinski definition) is 2. The van der Waals surface area contributed by atoms with E-state index in [9.17, 15) is 0 Å². The number of aliphatic imine (C=N–C) groups is 1. The molecule has 5 nitrogen and oxygen atoms in total. The molecular weight excluding hydrogens is 302 g/mol. The predicted molar refractivity (Wildman–Crippen MR) is 98.8 cm³/mol. The zero-order chi connectivity index (χ0) is 17.0. The van der Waals surface area contributed by atoms with Crippen LogP contribution in [0.1, 0.15) is 31.2 Å². The van der Waals surface area contributed by atoms with Gasteiger partial charge in [-0.25, -0.2) is 0 Å². The van der Waals surface area contributed by atoms with Crippen molar-refractivity contribution in [2.75, 3.05) is 40.0 Å². The topological polar surface area (TPSA) is 54.9 Å². The molecule has 24 heavy (non-hydrogen) atoms. The van der Waals surface area contributed by atoms with Crippen molar-refractivity contribution in [3.8, 4) is 5.75 Å². The summed E-state index contributed by atoms with van der Waals surface area (Å²) in [6, 6.07) is 8.10. The first-order valence-corrected chi connectivity index (χ1v) is 9.00. The van der Waals surface area contributed by atoms with Crippen molar-refractivity contribution in [1.29, 1.82) is 0 Å². The average molecular weight is 333 g/mol. The van der Waals surface area contributed by atoms with Crippen LogP contribution in [0.5, 0.6) is 5.75 Å². The summed E-state index contributed by atoms with van der Waals surface area (Å²) in [5.41, 5.74) is 1.17. The zero-order valence-electron chi connectivity index (χ0n) is 15.0. The van der Waals surface area contributed by atoms with Crippen molar-refractivity contribution in [2.24, 2.45) is 10.9 Å². The minimum absolute atomic E-state index is 0.698. The van der Waals surface area contributed by atoms with Crippen molar-refractivity contribution in [1.82, 2.24) is 10.6 Å². The van der Waals surface area contributed by atoms with Crippen molar-refractivity contribution in [3.05, 3.63) is 29.8 Å². The lowest BCUT2D eigenvalue weighted by Gasteiger charge is -2.13. The molecule has 1 aromatic carbocycles. The van der Waals surface area contributed by atoms with Crippen LogP contribution in [0.3, 0.4) is 0 Å². The molecule has 1 fully saturated rings. The average Bonchev–Trinajstić information content (AvgIpc) is 3.41. The van der Waals surface area contributed by atoms with Gasteiger partial charge in [-0.15, -0.1) is 0 Å². The van der Waals surface area contributed by atoms with Gasteiger partial charge in [0.05, 0.1) is 6.61 Å². The number of para-hydroxylation sites is 1. The van der Waals surface area contributed by atoms with Crippen molar-refractivity contribution < 1.29 is 9.47 Å². The Hall–Kier alpha value is -1.75. The zero-order valence-corrected chi connectivity index (χ0v) is 15.0. The molecule has 1 aliphatic carbocycles. The van der Waals surface area contributed by atoms with Gasteiger partial charge in [0.1, 0.15) is 5.75 Å². The summed E-state index contributed by atoms with van der Waals surface area (Å²) in [6.07, 6.45) is 4.63. The number of hydrogen-bond acceptors (Lipinski definition) is 3. The number of aryl methyl sites for hydroxylation is 1. The highest BCUT2D eigenvalue weighted by Gasteiger charge is 2.20. The lowest BCUT2D eigenvalue weighted by Crippen LogP contribution is -2.38.